The highest BCUT2D eigenvalue weighted by molar-refractivity contribution is 5.90. The smallest absolute Gasteiger partial charge is 0.326 e. The number of hydrogen-bond donors (Lipinski definition) is 3. The number of carbonyl (C=O) groups is 2. The van der Waals surface area contributed by atoms with Gasteiger partial charge in [0, 0.05) is 0 Å². The summed E-state index contributed by atoms with van der Waals surface area (Å²) in [7, 11) is 0. The molecule has 0 aromatic heterocycles. The van der Waals surface area contributed by atoms with Gasteiger partial charge in [0.15, 0.2) is 0 Å². The van der Waals surface area contributed by atoms with Crippen LogP contribution in [-0.4, -0.2) is 28.6 Å². The van der Waals surface area contributed by atoms with Crippen molar-refractivity contribution >= 4 is 11.9 Å². The molecule has 4 N–H and O–H groups in total. The molecule has 17 heavy (non-hydrogen) atoms. The number of nitrogens with one attached hydrogen (secondary N) is 1. The molecule has 0 aromatic rings. The Hall–Kier alpha value is -1.10. The van der Waals surface area contributed by atoms with E-state index in [1.807, 2.05) is 13.8 Å². The van der Waals surface area contributed by atoms with E-state index in [0.29, 0.717) is 19.3 Å². The fourth-order valence-electron chi connectivity index (χ4n) is 2.20. The van der Waals surface area contributed by atoms with Gasteiger partial charge in [0.1, 0.15) is 6.04 Å². The normalized spacial score (nSPS) is 21.8. The molecular formula is C12H22N2O3. The van der Waals surface area contributed by atoms with Crippen molar-refractivity contribution in [2.45, 2.75) is 57.5 Å². The van der Waals surface area contributed by atoms with Crippen LogP contribution in [0.2, 0.25) is 0 Å². The molecule has 0 spiro atoms. The topological polar surface area (TPSA) is 92.4 Å². The van der Waals surface area contributed by atoms with Gasteiger partial charge in [-0.3, -0.25) is 4.79 Å². The van der Waals surface area contributed by atoms with Crippen LogP contribution in [0.15, 0.2) is 0 Å². The summed E-state index contributed by atoms with van der Waals surface area (Å²) in [6, 6.07) is -0.839. The molecule has 0 radical (unpaired) electrons. The average Bonchev–Trinajstić information content (AvgIpc) is 2.72. The summed E-state index contributed by atoms with van der Waals surface area (Å²) in [4.78, 5) is 23.1. The second-order valence-electron chi connectivity index (χ2n) is 5.04. The van der Waals surface area contributed by atoms with Gasteiger partial charge in [0.25, 0.3) is 0 Å². The van der Waals surface area contributed by atoms with E-state index in [0.717, 1.165) is 12.8 Å². The third-order valence-corrected chi connectivity index (χ3v) is 3.71. The van der Waals surface area contributed by atoms with E-state index in [-0.39, 0.29) is 11.8 Å². The molecule has 0 aromatic carbocycles. The SMILES string of the molecule is CCC(C)C(NC(=O)C1(N)CCCC1)C(=O)O. The van der Waals surface area contributed by atoms with E-state index >= 15 is 0 Å². The third-order valence-electron chi connectivity index (χ3n) is 3.71. The first-order valence-electron chi connectivity index (χ1n) is 6.23. The fraction of sp³-hybridized carbons (Fsp3) is 0.833. The van der Waals surface area contributed by atoms with Gasteiger partial charge in [-0.05, 0) is 18.8 Å². The Balaban J connectivity index is 2.67. The fourth-order valence-corrected chi connectivity index (χ4v) is 2.20. The Morgan fingerprint density at radius 2 is 1.94 bits per heavy atom. The number of hydrogen-bond acceptors (Lipinski definition) is 3. The molecule has 1 saturated carbocycles. The zero-order chi connectivity index (χ0) is 13.1. The average molecular weight is 242 g/mol. The van der Waals surface area contributed by atoms with Crippen LogP contribution in [0.3, 0.4) is 0 Å². The van der Waals surface area contributed by atoms with Crippen LogP contribution in [0.25, 0.3) is 0 Å². The highest BCUT2D eigenvalue weighted by Crippen LogP contribution is 2.27. The molecule has 0 aliphatic heterocycles. The first-order chi connectivity index (χ1) is 7.90. The van der Waals surface area contributed by atoms with Gasteiger partial charge in [-0.15, -0.1) is 0 Å². The van der Waals surface area contributed by atoms with Crippen molar-refractivity contribution in [3.63, 3.8) is 0 Å². The molecule has 2 atom stereocenters. The van der Waals surface area contributed by atoms with Crippen molar-refractivity contribution < 1.29 is 14.7 Å². The Morgan fingerprint density at radius 3 is 2.35 bits per heavy atom. The maximum Gasteiger partial charge on any atom is 0.326 e. The van der Waals surface area contributed by atoms with Gasteiger partial charge in [0.05, 0.1) is 5.54 Å². The summed E-state index contributed by atoms with van der Waals surface area (Å²) in [6.45, 7) is 3.72. The van der Waals surface area contributed by atoms with Crippen LogP contribution in [0.4, 0.5) is 0 Å². The highest BCUT2D eigenvalue weighted by Gasteiger charge is 2.39. The first kappa shape index (κ1) is 14.0. The lowest BCUT2D eigenvalue weighted by atomic mass is 9.94. The Morgan fingerprint density at radius 1 is 1.41 bits per heavy atom. The Bertz CT molecular complexity index is 298. The minimum atomic E-state index is -0.991. The maximum atomic E-state index is 12.0. The molecule has 5 nitrogen and oxygen atoms in total. The molecular weight excluding hydrogens is 220 g/mol. The van der Waals surface area contributed by atoms with E-state index in [1.165, 1.54) is 0 Å². The lowest BCUT2D eigenvalue weighted by Crippen LogP contribution is -2.57. The molecule has 5 heteroatoms. The van der Waals surface area contributed by atoms with E-state index in [2.05, 4.69) is 5.32 Å². The minimum Gasteiger partial charge on any atom is -0.480 e. The molecule has 1 aliphatic carbocycles. The van der Waals surface area contributed by atoms with Crippen molar-refractivity contribution in [1.82, 2.24) is 5.32 Å². The Kier molecular flexibility index (Phi) is 4.51. The van der Waals surface area contributed by atoms with Crippen LogP contribution in [0.5, 0.6) is 0 Å². The van der Waals surface area contributed by atoms with Crippen molar-refractivity contribution in [1.29, 1.82) is 0 Å². The quantitative estimate of drug-likeness (QED) is 0.667. The second-order valence-corrected chi connectivity index (χ2v) is 5.04. The van der Waals surface area contributed by atoms with Crippen molar-refractivity contribution in [3.05, 3.63) is 0 Å². The van der Waals surface area contributed by atoms with Crippen LogP contribution in [0, 0.1) is 5.92 Å². The van der Waals surface area contributed by atoms with Gasteiger partial charge >= 0.3 is 5.97 Å². The molecule has 2 unspecified atom stereocenters. The zero-order valence-electron chi connectivity index (χ0n) is 10.5. The lowest BCUT2D eigenvalue weighted by Gasteiger charge is -2.27. The van der Waals surface area contributed by atoms with E-state index in [9.17, 15) is 9.59 Å². The number of aliphatic carboxylic acids is 1. The minimum absolute atomic E-state index is 0.0959. The van der Waals surface area contributed by atoms with Crippen LogP contribution in [-0.2, 0) is 9.59 Å². The highest BCUT2D eigenvalue weighted by atomic mass is 16.4. The van der Waals surface area contributed by atoms with Gasteiger partial charge in [-0.25, -0.2) is 4.79 Å². The zero-order valence-corrected chi connectivity index (χ0v) is 10.5. The maximum absolute atomic E-state index is 12.0. The second kappa shape index (κ2) is 5.49. The Labute approximate surface area is 102 Å². The number of rotatable bonds is 5. The summed E-state index contributed by atoms with van der Waals surface area (Å²) in [6.07, 6.45) is 3.86. The molecule has 98 valence electrons. The van der Waals surface area contributed by atoms with Gasteiger partial charge in [-0.1, -0.05) is 33.1 Å². The third kappa shape index (κ3) is 3.19. The number of carboxylic acids is 1. The van der Waals surface area contributed by atoms with Crippen molar-refractivity contribution in [3.8, 4) is 0 Å². The number of carboxylic acid groups (broad SMARTS) is 1. The summed E-state index contributed by atoms with van der Waals surface area (Å²) < 4.78 is 0. The van der Waals surface area contributed by atoms with Crippen molar-refractivity contribution in [2.75, 3.05) is 0 Å². The summed E-state index contributed by atoms with van der Waals surface area (Å²) in [5.74, 6) is -1.40. The van der Waals surface area contributed by atoms with Gasteiger partial charge in [0.2, 0.25) is 5.91 Å². The summed E-state index contributed by atoms with van der Waals surface area (Å²) >= 11 is 0. The number of carbonyl (C=O) groups excluding carboxylic acids is 1. The molecule has 1 fully saturated rings. The number of amides is 1. The number of nitrogens with two attached hydrogens (primary N) is 1. The van der Waals surface area contributed by atoms with Gasteiger partial charge < -0.3 is 16.2 Å². The van der Waals surface area contributed by atoms with Gasteiger partial charge in [-0.2, -0.15) is 0 Å². The molecule has 1 amide bonds. The lowest BCUT2D eigenvalue weighted by molar-refractivity contribution is -0.144. The molecule has 1 rings (SSSR count). The first-order valence-corrected chi connectivity index (χ1v) is 6.23. The largest absolute Gasteiger partial charge is 0.480 e. The van der Waals surface area contributed by atoms with Crippen LogP contribution in [0.1, 0.15) is 46.0 Å². The molecule has 0 heterocycles. The predicted octanol–water partition coefficient (Wildman–Crippen LogP) is 0.873. The predicted molar refractivity (Wildman–Crippen MR) is 64.4 cm³/mol. The molecule has 1 aliphatic rings. The van der Waals surface area contributed by atoms with E-state index in [1.54, 1.807) is 0 Å². The monoisotopic (exact) mass is 242 g/mol. The standard InChI is InChI=1S/C12H22N2O3/c1-3-8(2)9(10(15)16)14-11(17)12(13)6-4-5-7-12/h8-9H,3-7,13H2,1-2H3,(H,14,17)(H,15,16). The van der Waals surface area contributed by atoms with Crippen LogP contribution >= 0.6 is 0 Å². The van der Waals surface area contributed by atoms with E-state index in [4.69, 9.17) is 10.8 Å². The molecule has 0 bridgehead atoms. The summed E-state index contributed by atoms with van der Waals surface area (Å²) in [5.41, 5.74) is 5.13. The molecule has 0 saturated heterocycles. The van der Waals surface area contributed by atoms with Crippen molar-refractivity contribution in [2.24, 2.45) is 11.7 Å². The van der Waals surface area contributed by atoms with E-state index < -0.39 is 17.6 Å². The summed E-state index contributed by atoms with van der Waals surface area (Å²) in [5, 5.41) is 11.7. The van der Waals surface area contributed by atoms with Crippen LogP contribution < -0.4 is 11.1 Å².